The third-order valence-corrected chi connectivity index (χ3v) is 2.88. The monoisotopic (exact) mass is 297 g/mol. The van der Waals surface area contributed by atoms with Crippen molar-refractivity contribution in [2.45, 2.75) is 6.92 Å². The summed E-state index contributed by atoms with van der Waals surface area (Å²) in [5, 5.41) is 8.86. The molecule has 5 heteroatoms. The Morgan fingerprint density at radius 2 is 2.00 bits per heavy atom. The molecule has 0 aliphatic carbocycles. The third-order valence-electron chi connectivity index (χ3n) is 2.88. The van der Waals surface area contributed by atoms with Gasteiger partial charge in [0.15, 0.2) is 11.5 Å². The number of hydrogen-bond donors (Lipinski definition) is 0. The first-order chi connectivity index (χ1) is 10.7. The summed E-state index contributed by atoms with van der Waals surface area (Å²) in [7, 11) is 1.45. The molecule has 0 spiro atoms. The summed E-state index contributed by atoms with van der Waals surface area (Å²) in [6, 6.07) is 13.3. The van der Waals surface area contributed by atoms with Crippen LogP contribution in [0, 0.1) is 11.3 Å². The molecule has 5 nitrogen and oxygen atoms in total. The smallest absolute Gasteiger partial charge is 0.343 e. The Kier molecular flexibility index (Phi) is 4.99. The van der Waals surface area contributed by atoms with E-state index in [9.17, 15) is 4.79 Å². The molecule has 112 valence electrons. The van der Waals surface area contributed by atoms with Gasteiger partial charge in [0.2, 0.25) is 0 Å². The summed E-state index contributed by atoms with van der Waals surface area (Å²) < 4.78 is 15.8. The number of methoxy groups -OCH3 is 1. The highest BCUT2D eigenvalue weighted by molar-refractivity contribution is 5.91. The number of esters is 1. The van der Waals surface area contributed by atoms with E-state index < -0.39 is 5.97 Å². The quantitative estimate of drug-likeness (QED) is 0.626. The molecule has 22 heavy (non-hydrogen) atoms. The van der Waals surface area contributed by atoms with Crippen molar-refractivity contribution in [2.75, 3.05) is 13.7 Å². The minimum absolute atomic E-state index is 0.258. The zero-order chi connectivity index (χ0) is 15.9. The maximum absolute atomic E-state index is 12.2. The van der Waals surface area contributed by atoms with Gasteiger partial charge in [-0.3, -0.25) is 0 Å². The van der Waals surface area contributed by atoms with Gasteiger partial charge in [0.25, 0.3) is 0 Å². The highest BCUT2D eigenvalue weighted by Crippen LogP contribution is 2.28. The number of nitrogens with zero attached hydrogens (tertiary/aromatic N) is 1. The zero-order valence-corrected chi connectivity index (χ0v) is 12.3. The van der Waals surface area contributed by atoms with Crippen molar-refractivity contribution in [3.05, 3.63) is 53.6 Å². The standard InChI is InChI=1S/C17H15NO4/c1-3-21-14-6-4-5-13(10-14)17(19)22-15-8-7-12(11-18)9-16(15)20-2/h4-10H,3H2,1-2H3. The Morgan fingerprint density at radius 3 is 2.68 bits per heavy atom. The fourth-order valence-electron chi connectivity index (χ4n) is 1.86. The van der Waals surface area contributed by atoms with Crippen molar-refractivity contribution < 1.29 is 19.0 Å². The van der Waals surface area contributed by atoms with Gasteiger partial charge in [-0.15, -0.1) is 0 Å². The summed E-state index contributed by atoms with van der Waals surface area (Å²) in [6.07, 6.45) is 0. The molecule has 0 saturated heterocycles. The van der Waals surface area contributed by atoms with Crippen LogP contribution in [0.3, 0.4) is 0 Å². The minimum Gasteiger partial charge on any atom is -0.494 e. The van der Waals surface area contributed by atoms with E-state index in [2.05, 4.69) is 0 Å². The lowest BCUT2D eigenvalue weighted by Gasteiger charge is -2.10. The number of benzene rings is 2. The van der Waals surface area contributed by atoms with Gasteiger partial charge in [-0.05, 0) is 37.3 Å². The normalized spacial score (nSPS) is 9.68. The lowest BCUT2D eigenvalue weighted by molar-refractivity contribution is 0.0729. The Balaban J connectivity index is 2.22. The van der Waals surface area contributed by atoms with Gasteiger partial charge in [0, 0.05) is 6.07 Å². The maximum Gasteiger partial charge on any atom is 0.343 e. The van der Waals surface area contributed by atoms with Gasteiger partial charge in [-0.1, -0.05) is 6.07 Å². The SMILES string of the molecule is CCOc1cccc(C(=O)Oc2ccc(C#N)cc2OC)c1. The Labute approximate surface area is 128 Å². The second-order valence-corrected chi connectivity index (χ2v) is 4.33. The van der Waals surface area contributed by atoms with Crippen molar-refractivity contribution in [2.24, 2.45) is 0 Å². The molecule has 0 aromatic heterocycles. The lowest BCUT2D eigenvalue weighted by atomic mass is 10.2. The average molecular weight is 297 g/mol. The number of rotatable bonds is 5. The molecule has 0 saturated carbocycles. The zero-order valence-electron chi connectivity index (χ0n) is 12.3. The van der Waals surface area contributed by atoms with E-state index in [1.165, 1.54) is 19.2 Å². The number of hydrogen-bond acceptors (Lipinski definition) is 5. The number of ether oxygens (including phenoxy) is 3. The van der Waals surface area contributed by atoms with E-state index in [4.69, 9.17) is 19.5 Å². The molecule has 0 bridgehead atoms. The van der Waals surface area contributed by atoms with Gasteiger partial charge in [-0.25, -0.2) is 4.79 Å². The average Bonchev–Trinajstić information content (AvgIpc) is 2.55. The second kappa shape index (κ2) is 7.14. The summed E-state index contributed by atoms with van der Waals surface area (Å²) in [6.45, 7) is 2.38. The van der Waals surface area contributed by atoms with Crippen molar-refractivity contribution in [1.82, 2.24) is 0 Å². The topological polar surface area (TPSA) is 68.5 Å². The van der Waals surface area contributed by atoms with Crippen molar-refractivity contribution in [1.29, 1.82) is 5.26 Å². The molecule has 0 aliphatic rings. The fourth-order valence-corrected chi connectivity index (χ4v) is 1.86. The molecule has 0 radical (unpaired) electrons. The first-order valence-corrected chi connectivity index (χ1v) is 6.71. The van der Waals surface area contributed by atoms with Crippen LogP contribution in [0.4, 0.5) is 0 Å². The largest absolute Gasteiger partial charge is 0.494 e. The predicted octanol–water partition coefficient (Wildman–Crippen LogP) is 3.18. The first kappa shape index (κ1) is 15.4. The minimum atomic E-state index is -0.524. The molecule has 0 heterocycles. The molecule has 0 amide bonds. The number of carbonyl (C=O) groups is 1. The van der Waals surface area contributed by atoms with Crippen LogP contribution in [0.15, 0.2) is 42.5 Å². The molecule has 0 aliphatic heterocycles. The molecule has 0 fully saturated rings. The van der Waals surface area contributed by atoms with Crippen LogP contribution in [0.2, 0.25) is 0 Å². The summed E-state index contributed by atoms with van der Waals surface area (Å²) in [5.41, 5.74) is 0.798. The summed E-state index contributed by atoms with van der Waals surface area (Å²) >= 11 is 0. The van der Waals surface area contributed by atoms with Crippen LogP contribution in [-0.4, -0.2) is 19.7 Å². The van der Waals surface area contributed by atoms with Crippen molar-refractivity contribution in [3.63, 3.8) is 0 Å². The van der Waals surface area contributed by atoms with Crippen LogP contribution >= 0.6 is 0 Å². The molecular weight excluding hydrogens is 282 g/mol. The molecular formula is C17H15NO4. The molecule has 2 rings (SSSR count). The van der Waals surface area contributed by atoms with E-state index in [-0.39, 0.29) is 5.75 Å². The van der Waals surface area contributed by atoms with Gasteiger partial charge < -0.3 is 14.2 Å². The molecule has 0 N–H and O–H groups in total. The Hall–Kier alpha value is -3.00. The van der Waals surface area contributed by atoms with Crippen molar-refractivity contribution >= 4 is 5.97 Å². The van der Waals surface area contributed by atoms with Crippen LogP contribution in [0.5, 0.6) is 17.2 Å². The summed E-state index contributed by atoms with van der Waals surface area (Å²) in [4.78, 5) is 12.2. The van der Waals surface area contributed by atoms with Gasteiger partial charge in [0.05, 0.1) is 30.9 Å². The van der Waals surface area contributed by atoms with E-state index in [0.29, 0.717) is 29.2 Å². The lowest BCUT2D eigenvalue weighted by Crippen LogP contribution is -2.09. The van der Waals surface area contributed by atoms with Crippen molar-refractivity contribution in [3.8, 4) is 23.3 Å². The van der Waals surface area contributed by atoms with Crippen LogP contribution in [0.1, 0.15) is 22.8 Å². The first-order valence-electron chi connectivity index (χ1n) is 6.71. The van der Waals surface area contributed by atoms with Crippen LogP contribution in [0.25, 0.3) is 0 Å². The summed E-state index contributed by atoms with van der Waals surface area (Å²) in [5.74, 6) is 0.662. The van der Waals surface area contributed by atoms with Gasteiger partial charge in [-0.2, -0.15) is 5.26 Å². The highest BCUT2D eigenvalue weighted by atomic mass is 16.6. The fraction of sp³-hybridized carbons (Fsp3) is 0.176. The van der Waals surface area contributed by atoms with E-state index in [0.717, 1.165) is 0 Å². The highest BCUT2D eigenvalue weighted by Gasteiger charge is 2.13. The van der Waals surface area contributed by atoms with E-state index >= 15 is 0 Å². The van der Waals surface area contributed by atoms with Crippen LogP contribution in [-0.2, 0) is 0 Å². The van der Waals surface area contributed by atoms with Crippen LogP contribution < -0.4 is 14.2 Å². The van der Waals surface area contributed by atoms with E-state index in [1.807, 2.05) is 13.0 Å². The predicted molar refractivity (Wildman–Crippen MR) is 80.3 cm³/mol. The molecule has 0 unspecified atom stereocenters. The number of carbonyl (C=O) groups excluding carboxylic acids is 1. The maximum atomic E-state index is 12.2. The van der Waals surface area contributed by atoms with Gasteiger partial charge in [0.1, 0.15) is 5.75 Å². The van der Waals surface area contributed by atoms with Gasteiger partial charge >= 0.3 is 5.97 Å². The third kappa shape index (κ3) is 3.55. The number of nitriles is 1. The Bertz CT molecular complexity index is 719. The Morgan fingerprint density at radius 1 is 1.18 bits per heavy atom. The molecule has 2 aromatic carbocycles. The molecule has 2 aromatic rings. The second-order valence-electron chi connectivity index (χ2n) is 4.33. The van der Waals surface area contributed by atoms with E-state index in [1.54, 1.807) is 30.3 Å². The molecule has 0 atom stereocenters.